The van der Waals surface area contributed by atoms with Gasteiger partial charge in [0, 0.05) is 6.42 Å². The van der Waals surface area contributed by atoms with Crippen LogP contribution in [0.1, 0.15) is 227 Å². The van der Waals surface area contributed by atoms with E-state index in [9.17, 15) is 4.79 Å². The van der Waals surface area contributed by atoms with Gasteiger partial charge in [-0.05, 0) is 38.0 Å². The van der Waals surface area contributed by atoms with Gasteiger partial charge in [0.05, 0.1) is 0 Å². The molecule has 0 amide bonds. The molecule has 2 atom stereocenters. The van der Waals surface area contributed by atoms with Crippen LogP contribution in [0.2, 0.25) is 0 Å². The monoisotopic (exact) mass is 565 g/mol. The lowest BCUT2D eigenvalue weighted by Gasteiger charge is -2.26. The van der Waals surface area contributed by atoms with Crippen molar-refractivity contribution in [1.29, 1.82) is 0 Å². The van der Waals surface area contributed by atoms with Crippen LogP contribution < -0.4 is 0 Å². The summed E-state index contributed by atoms with van der Waals surface area (Å²) in [7, 11) is 0. The maximum Gasteiger partial charge on any atom is 0.306 e. The molecule has 2 unspecified atom stereocenters. The average Bonchev–Trinajstić information content (AvgIpc) is 2.96. The molecule has 2 heteroatoms. The van der Waals surface area contributed by atoms with Crippen LogP contribution in [0.15, 0.2) is 0 Å². The topological polar surface area (TPSA) is 26.3 Å². The van der Waals surface area contributed by atoms with Crippen molar-refractivity contribution in [3.8, 4) is 0 Å². The number of esters is 1. The van der Waals surface area contributed by atoms with Crippen LogP contribution in [0, 0.1) is 5.92 Å². The summed E-state index contributed by atoms with van der Waals surface area (Å²) in [5.41, 5.74) is 0. The van der Waals surface area contributed by atoms with Gasteiger partial charge in [0.1, 0.15) is 6.10 Å². The number of hydrogen-bond acceptors (Lipinski definition) is 2. The number of carbonyl (C=O) groups is 1. The Kier molecular flexibility index (Phi) is 32.5. The third kappa shape index (κ3) is 27.6. The lowest BCUT2D eigenvalue weighted by Crippen LogP contribution is -2.27. The van der Waals surface area contributed by atoms with Crippen molar-refractivity contribution >= 4 is 5.97 Å². The summed E-state index contributed by atoms with van der Waals surface area (Å²) in [5.74, 6) is 0.615. The van der Waals surface area contributed by atoms with E-state index in [1.807, 2.05) is 0 Å². The van der Waals surface area contributed by atoms with Crippen LogP contribution in [0.5, 0.6) is 0 Å². The van der Waals surface area contributed by atoms with Gasteiger partial charge < -0.3 is 4.74 Å². The second-order valence-corrected chi connectivity index (χ2v) is 13.0. The molecule has 0 aliphatic carbocycles. The third-order valence-electron chi connectivity index (χ3n) is 9.09. The highest BCUT2D eigenvalue weighted by molar-refractivity contribution is 5.69. The highest BCUT2D eigenvalue weighted by Gasteiger charge is 2.23. The highest BCUT2D eigenvalue weighted by atomic mass is 16.5. The van der Waals surface area contributed by atoms with Crippen molar-refractivity contribution in [3.63, 3.8) is 0 Å². The van der Waals surface area contributed by atoms with Crippen LogP contribution in [0.3, 0.4) is 0 Å². The van der Waals surface area contributed by atoms with E-state index in [2.05, 4.69) is 27.7 Å². The first kappa shape index (κ1) is 39.5. The minimum Gasteiger partial charge on any atom is -0.462 e. The zero-order valence-electron chi connectivity index (χ0n) is 28.4. The molecule has 0 saturated heterocycles. The Labute approximate surface area is 254 Å². The van der Waals surface area contributed by atoms with E-state index in [1.165, 1.54) is 173 Å². The lowest BCUT2D eigenvalue weighted by molar-refractivity contribution is -0.152. The molecule has 240 valence electrons. The van der Waals surface area contributed by atoms with E-state index in [1.54, 1.807) is 0 Å². The second-order valence-electron chi connectivity index (χ2n) is 13.0. The van der Waals surface area contributed by atoms with Crippen molar-refractivity contribution in [2.45, 2.75) is 233 Å². The zero-order valence-corrected chi connectivity index (χ0v) is 28.4. The molecule has 0 radical (unpaired) electrons. The Morgan fingerprint density at radius 2 is 0.775 bits per heavy atom. The van der Waals surface area contributed by atoms with Crippen molar-refractivity contribution in [1.82, 2.24) is 0 Å². The summed E-state index contributed by atoms with van der Waals surface area (Å²) in [6.45, 7) is 9.14. The largest absolute Gasteiger partial charge is 0.462 e. The fourth-order valence-electron chi connectivity index (χ4n) is 6.21. The average molecular weight is 565 g/mol. The van der Waals surface area contributed by atoms with Crippen molar-refractivity contribution in [2.75, 3.05) is 0 Å². The molecular weight excluding hydrogens is 488 g/mol. The van der Waals surface area contributed by atoms with E-state index < -0.39 is 0 Å². The molecule has 0 N–H and O–H groups in total. The van der Waals surface area contributed by atoms with Crippen LogP contribution in [-0.4, -0.2) is 12.1 Å². The summed E-state index contributed by atoms with van der Waals surface area (Å²) in [6, 6.07) is 0. The Bertz CT molecular complexity index is 488. The smallest absolute Gasteiger partial charge is 0.306 e. The van der Waals surface area contributed by atoms with Crippen molar-refractivity contribution in [3.05, 3.63) is 0 Å². The Morgan fingerprint density at radius 1 is 0.425 bits per heavy atom. The fourth-order valence-corrected chi connectivity index (χ4v) is 6.21. The first-order chi connectivity index (χ1) is 19.7. The zero-order chi connectivity index (χ0) is 29.4. The number of hydrogen-bond donors (Lipinski definition) is 0. The second kappa shape index (κ2) is 33.0. The molecule has 0 aromatic carbocycles. The number of unbranched alkanes of at least 4 members (excludes halogenated alkanes) is 24. The molecule has 0 saturated carbocycles. The quantitative estimate of drug-likeness (QED) is 0.0585. The molecule has 0 aliphatic heterocycles. The highest BCUT2D eigenvalue weighted by Crippen LogP contribution is 2.25. The maximum absolute atomic E-state index is 12.7. The predicted octanol–water partition coefficient (Wildman–Crippen LogP) is 13.7. The maximum atomic E-state index is 12.7. The van der Waals surface area contributed by atoms with E-state index in [0.717, 1.165) is 19.3 Å². The number of ether oxygens (including phenoxy) is 1. The Hall–Kier alpha value is -0.530. The normalized spacial score (nSPS) is 13.0. The Morgan fingerprint density at radius 3 is 1.15 bits per heavy atom. The van der Waals surface area contributed by atoms with Gasteiger partial charge in [0.15, 0.2) is 0 Å². The standard InChI is InChI=1S/C38H76O2/c1-5-9-12-14-16-18-20-21-22-24-25-27-29-31-34-37(36(8-4)33-11-7-3)40-38(39)35-32-30-28-26-23-19-17-15-13-10-6-2/h36-37H,5-35H2,1-4H3. The molecule has 0 aromatic heterocycles. The summed E-state index contributed by atoms with van der Waals surface area (Å²) in [5, 5.41) is 0. The van der Waals surface area contributed by atoms with Gasteiger partial charge >= 0.3 is 5.97 Å². The first-order valence-corrected chi connectivity index (χ1v) is 18.9. The predicted molar refractivity (Wildman–Crippen MR) is 179 cm³/mol. The molecular formula is C38H76O2. The van der Waals surface area contributed by atoms with Gasteiger partial charge in [0.25, 0.3) is 0 Å². The molecule has 0 fully saturated rings. The van der Waals surface area contributed by atoms with Gasteiger partial charge in [-0.1, -0.05) is 188 Å². The minimum atomic E-state index is 0.0706. The SMILES string of the molecule is CCCCCCCCCCCCCCCCC(OC(=O)CCCCCCCCCCCCC)C(CC)CCCC. The van der Waals surface area contributed by atoms with Gasteiger partial charge in [-0.2, -0.15) is 0 Å². The van der Waals surface area contributed by atoms with Crippen LogP contribution in [0.4, 0.5) is 0 Å². The molecule has 0 aliphatic rings. The molecule has 40 heavy (non-hydrogen) atoms. The van der Waals surface area contributed by atoms with Crippen LogP contribution in [-0.2, 0) is 9.53 Å². The summed E-state index contributed by atoms with van der Waals surface area (Å²) >= 11 is 0. The Balaban J connectivity index is 3.99. The molecule has 0 heterocycles. The van der Waals surface area contributed by atoms with Gasteiger partial charge in [-0.15, -0.1) is 0 Å². The van der Waals surface area contributed by atoms with Gasteiger partial charge in [-0.3, -0.25) is 4.79 Å². The van der Waals surface area contributed by atoms with Gasteiger partial charge in [0.2, 0.25) is 0 Å². The van der Waals surface area contributed by atoms with Crippen LogP contribution in [0.25, 0.3) is 0 Å². The molecule has 0 aromatic rings. The van der Waals surface area contributed by atoms with E-state index >= 15 is 0 Å². The molecule has 0 rings (SSSR count). The van der Waals surface area contributed by atoms with E-state index in [4.69, 9.17) is 4.74 Å². The van der Waals surface area contributed by atoms with Gasteiger partial charge in [-0.25, -0.2) is 0 Å². The lowest BCUT2D eigenvalue weighted by atomic mass is 9.90. The first-order valence-electron chi connectivity index (χ1n) is 18.9. The summed E-state index contributed by atoms with van der Waals surface area (Å²) in [4.78, 5) is 12.7. The van der Waals surface area contributed by atoms with E-state index in [0.29, 0.717) is 12.3 Å². The summed E-state index contributed by atoms with van der Waals surface area (Å²) in [6.07, 6.45) is 40.7. The van der Waals surface area contributed by atoms with Crippen LogP contribution >= 0.6 is 0 Å². The summed E-state index contributed by atoms with van der Waals surface area (Å²) < 4.78 is 6.17. The number of rotatable bonds is 33. The minimum absolute atomic E-state index is 0.0706. The third-order valence-corrected chi connectivity index (χ3v) is 9.09. The molecule has 2 nitrogen and oxygen atoms in total. The molecule has 0 bridgehead atoms. The fraction of sp³-hybridized carbons (Fsp3) is 0.974. The van der Waals surface area contributed by atoms with Crippen molar-refractivity contribution in [2.24, 2.45) is 5.92 Å². The van der Waals surface area contributed by atoms with E-state index in [-0.39, 0.29) is 12.1 Å². The number of carbonyl (C=O) groups excluding carboxylic acids is 1. The molecule has 0 spiro atoms. The van der Waals surface area contributed by atoms with Crippen molar-refractivity contribution < 1.29 is 9.53 Å².